The first-order valence-corrected chi connectivity index (χ1v) is 7.41. The molecule has 0 bridgehead atoms. The van der Waals surface area contributed by atoms with Gasteiger partial charge in [0, 0.05) is 6.54 Å². The normalized spacial score (nSPS) is 11.0. The number of rotatable bonds is 3. The average Bonchev–Trinajstić information content (AvgIpc) is 2.99. The van der Waals surface area contributed by atoms with Gasteiger partial charge in [0.05, 0.1) is 21.6 Å². The van der Waals surface area contributed by atoms with Gasteiger partial charge >= 0.3 is 0 Å². The van der Waals surface area contributed by atoms with E-state index in [0.29, 0.717) is 28.8 Å². The molecule has 0 unspecified atom stereocenters. The second kappa shape index (κ2) is 5.17. The standard InChI is InChI=1S/C14H15N5OS/c1-3-19-12(11(15)8(2)18-19)13(20)17-14-16-9-6-4-5-7-10(9)21-14/h4-7H,3,15H2,1-2H3,(H,16,17,20). The Hall–Kier alpha value is -2.41. The second-order valence-electron chi connectivity index (χ2n) is 4.60. The molecule has 1 amide bonds. The fraction of sp³-hybridized carbons (Fsp3) is 0.214. The molecular formula is C14H15N5OS. The Morgan fingerprint density at radius 1 is 1.43 bits per heavy atom. The number of anilines is 2. The van der Waals surface area contributed by atoms with Crippen LogP contribution in [0.4, 0.5) is 10.8 Å². The molecule has 3 aromatic rings. The molecule has 6 nitrogen and oxygen atoms in total. The van der Waals surface area contributed by atoms with Crippen molar-refractivity contribution in [1.29, 1.82) is 0 Å². The van der Waals surface area contributed by atoms with E-state index in [-0.39, 0.29) is 5.91 Å². The number of aryl methyl sites for hydroxylation is 2. The first-order valence-electron chi connectivity index (χ1n) is 6.60. The van der Waals surface area contributed by atoms with E-state index >= 15 is 0 Å². The van der Waals surface area contributed by atoms with E-state index in [4.69, 9.17) is 5.73 Å². The maximum absolute atomic E-state index is 12.4. The largest absolute Gasteiger partial charge is 0.395 e. The first-order chi connectivity index (χ1) is 10.1. The molecule has 0 spiro atoms. The van der Waals surface area contributed by atoms with Gasteiger partial charge < -0.3 is 5.73 Å². The van der Waals surface area contributed by atoms with Crippen molar-refractivity contribution in [3.05, 3.63) is 35.7 Å². The summed E-state index contributed by atoms with van der Waals surface area (Å²) in [7, 11) is 0. The van der Waals surface area contributed by atoms with Crippen molar-refractivity contribution < 1.29 is 4.79 Å². The Morgan fingerprint density at radius 3 is 2.90 bits per heavy atom. The van der Waals surface area contributed by atoms with Crippen molar-refractivity contribution in [3.63, 3.8) is 0 Å². The summed E-state index contributed by atoms with van der Waals surface area (Å²) < 4.78 is 2.63. The van der Waals surface area contributed by atoms with Crippen LogP contribution >= 0.6 is 11.3 Å². The van der Waals surface area contributed by atoms with Gasteiger partial charge in [0.25, 0.3) is 5.91 Å². The molecule has 3 N–H and O–H groups in total. The van der Waals surface area contributed by atoms with Gasteiger partial charge in [-0.1, -0.05) is 23.5 Å². The van der Waals surface area contributed by atoms with Crippen LogP contribution in [-0.2, 0) is 6.54 Å². The monoisotopic (exact) mass is 301 g/mol. The van der Waals surface area contributed by atoms with Crippen LogP contribution in [0.15, 0.2) is 24.3 Å². The van der Waals surface area contributed by atoms with Gasteiger partial charge in [-0.25, -0.2) is 4.98 Å². The lowest BCUT2D eigenvalue weighted by Gasteiger charge is -2.05. The maximum Gasteiger partial charge on any atom is 0.277 e. The number of benzene rings is 1. The number of hydrogen-bond donors (Lipinski definition) is 2. The molecule has 0 saturated carbocycles. The van der Waals surface area contributed by atoms with Gasteiger partial charge in [0.1, 0.15) is 5.69 Å². The molecule has 7 heteroatoms. The molecule has 1 aromatic carbocycles. The Labute approximate surface area is 125 Å². The highest BCUT2D eigenvalue weighted by atomic mass is 32.1. The summed E-state index contributed by atoms with van der Waals surface area (Å²) in [5, 5.41) is 7.61. The fourth-order valence-corrected chi connectivity index (χ4v) is 3.01. The number of nitrogen functional groups attached to an aromatic ring is 1. The molecule has 108 valence electrons. The SMILES string of the molecule is CCn1nc(C)c(N)c1C(=O)Nc1nc2ccccc2s1. The Morgan fingerprint density at radius 2 is 2.19 bits per heavy atom. The summed E-state index contributed by atoms with van der Waals surface area (Å²) in [6.07, 6.45) is 0. The second-order valence-corrected chi connectivity index (χ2v) is 5.63. The van der Waals surface area contributed by atoms with E-state index in [1.54, 1.807) is 11.6 Å². The van der Waals surface area contributed by atoms with Crippen molar-refractivity contribution in [2.75, 3.05) is 11.1 Å². The van der Waals surface area contributed by atoms with E-state index < -0.39 is 0 Å². The molecule has 0 saturated heterocycles. The van der Waals surface area contributed by atoms with Gasteiger partial charge in [0.15, 0.2) is 5.13 Å². The number of hydrogen-bond acceptors (Lipinski definition) is 5. The third-order valence-corrected chi connectivity index (χ3v) is 4.15. The maximum atomic E-state index is 12.4. The van der Waals surface area contributed by atoms with Gasteiger partial charge in [-0.2, -0.15) is 5.10 Å². The number of carbonyl (C=O) groups is 1. The van der Waals surface area contributed by atoms with E-state index in [2.05, 4.69) is 15.4 Å². The highest BCUT2D eigenvalue weighted by Crippen LogP contribution is 2.26. The number of nitrogens with one attached hydrogen (secondary N) is 1. The van der Waals surface area contributed by atoms with E-state index in [1.807, 2.05) is 31.2 Å². The van der Waals surface area contributed by atoms with Crippen LogP contribution in [0.5, 0.6) is 0 Å². The number of nitrogens with zero attached hydrogens (tertiary/aromatic N) is 3. The van der Waals surface area contributed by atoms with Crippen LogP contribution < -0.4 is 11.1 Å². The third kappa shape index (κ3) is 2.36. The van der Waals surface area contributed by atoms with Crippen molar-refractivity contribution in [1.82, 2.24) is 14.8 Å². The van der Waals surface area contributed by atoms with Crippen LogP contribution in [0.1, 0.15) is 23.1 Å². The molecule has 2 heterocycles. The lowest BCUT2D eigenvalue weighted by molar-refractivity contribution is 0.101. The highest BCUT2D eigenvalue weighted by molar-refractivity contribution is 7.22. The predicted octanol–water partition coefficient (Wildman–Crippen LogP) is 2.66. The van der Waals surface area contributed by atoms with Crippen LogP contribution in [-0.4, -0.2) is 20.7 Å². The summed E-state index contributed by atoms with van der Waals surface area (Å²) in [5.41, 5.74) is 8.27. The Bertz CT molecular complexity index is 787. The van der Waals surface area contributed by atoms with E-state index in [9.17, 15) is 4.79 Å². The average molecular weight is 301 g/mol. The zero-order chi connectivity index (χ0) is 15.0. The van der Waals surface area contributed by atoms with Crippen LogP contribution in [0.2, 0.25) is 0 Å². The molecule has 0 atom stereocenters. The molecule has 0 fully saturated rings. The molecular weight excluding hydrogens is 286 g/mol. The van der Waals surface area contributed by atoms with Gasteiger partial charge in [-0.05, 0) is 26.0 Å². The summed E-state index contributed by atoms with van der Waals surface area (Å²) in [6.45, 7) is 4.29. The zero-order valence-electron chi connectivity index (χ0n) is 11.8. The van der Waals surface area contributed by atoms with Crippen molar-refractivity contribution in [3.8, 4) is 0 Å². The fourth-order valence-electron chi connectivity index (χ4n) is 2.15. The molecule has 0 radical (unpaired) electrons. The topological polar surface area (TPSA) is 85.8 Å². The summed E-state index contributed by atoms with van der Waals surface area (Å²) in [6, 6.07) is 7.74. The highest BCUT2D eigenvalue weighted by Gasteiger charge is 2.20. The van der Waals surface area contributed by atoms with Gasteiger partial charge in [0.2, 0.25) is 0 Å². The molecule has 0 aliphatic rings. The van der Waals surface area contributed by atoms with Gasteiger partial charge in [-0.15, -0.1) is 0 Å². The van der Waals surface area contributed by atoms with Crippen molar-refractivity contribution >= 4 is 38.3 Å². The summed E-state index contributed by atoms with van der Waals surface area (Å²) in [5.74, 6) is -0.283. The lowest BCUT2D eigenvalue weighted by Crippen LogP contribution is -2.18. The number of fused-ring (bicyclic) bond motifs is 1. The number of aromatic nitrogens is 3. The Balaban J connectivity index is 1.92. The van der Waals surface area contributed by atoms with E-state index in [0.717, 1.165) is 10.2 Å². The summed E-state index contributed by atoms with van der Waals surface area (Å²) >= 11 is 1.43. The number of nitrogens with two attached hydrogens (primary N) is 1. The smallest absolute Gasteiger partial charge is 0.277 e. The van der Waals surface area contributed by atoms with E-state index in [1.165, 1.54) is 11.3 Å². The van der Waals surface area contributed by atoms with Gasteiger partial charge in [-0.3, -0.25) is 14.8 Å². The lowest BCUT2D eigenvalue weighted by atomic mass is 10.3. The third-order valence-electron chi connectivity index (χ3n) is 3.20. The molecule has 0 aliphatic carbocycles. The summed E-state index contributed by atoms with van der Waals surface area (Å²) in [4.78, 5) is 16.8. The Kier molecular flexibility index (Phi) is 3.34. The molecule has 2 aromatic heterocycles. The quantitative estimate of drug-likeness (QED) is 0.778. The van der Waals surface area contributed by atoms with Crippen LogP contribution in [0.25, 0.3) is 10.2 Å². The minimum Gasteiger partial charge on any atom is -0.395 e. The first kappa shape index (κ1) is 13.6. The minimum absolute atomic E-state index is 0.283. The predicted molar refractivity (Wildman–Crippen MR) is 84.6 cm³/mol. The number of carbonyl (C=O) groups excluding carboxylic acids is 1. The van der Waals surface area contributed by atoms with Crippen LogP contribution in [0, 0.1) is 6.92 Å². The van der Waals surface area contributed by atoms with Crippen LogP contribution in [0.3, 0.4) is 0 Å². The molecule has 0 aliphatic heterocycles. The zero-order valence-corrected chi connectivity index (χ0v) is 12.6. The number of para-hydroxylation sites is 1. The molecule has 3 rings (SSSR count). The van der Waals surface area contributed by atoms with Crippen molar-refractivity contribution in [2.24, 2.45) is 0 Å². The number of thiazole rings is 1. The molecule has 21 heavy (non-hydrogen) atoms. The number of amides is 1. The van der Waals surface area contributed by atoms with Crippen molar-refractivity contribution in [2.45, 2.75) is 20.4 Å². The minimum atomic E-state index is -0.283.